The fraction of sp³-hybridized carbons (Fsp3) is 0.727. The van der Waals surface area contributed by atoms with Crippen LogP contribution in [0.15, 0.2) is 0 Å². The molecule has 1 rings (SSSR count). The molecule has 0 aromatic heterocycles. The SMILES string of the molecule is CCOC(=O)C1CNCCN1CC(=O)NCC#N. The van der Waals surface area contributed by atoms with E-state index >= 15 is 0 Å². The number of hydrogen-bond acceptors (Lipinski definition) is 6. The van der Waals surface area contributed by atoms with E-state index in [0.717, 1.165) is 6.54 Å². The molecule has 18 heavy (non-hydrogen) atoms. The number of amides is 1. The molecule has 0 aliphatic carbocycles. The van der Waals surface area contributed by atoms with Crippen molar-refractivity contribution in [3.8, 4) is 6.07 Å². The van der Waals surface area contributed by atoms with Gasteiger partial charge in [0.25, 0.3) is 0 Å². The second-order valence-electron chi connectivity index (χ2n) is 3.88. The summed E-state index contributed by atoms with van der Waals surface area (Å²) >= 11 is 0. The van der Waals surface area contributed by atoms with E-state index in [9.17, 15) is 9.59 Å². The molecule has 1 aliphatic rings. The molecule has 1 atom stereocenters. The minimum absolute atomic E-state index is 0.0189. The minimum atomic E-state index is -0.438. The fourth-order valence-corrected chi connectivity index (χ4v) is 1.78. The van der Waals surface area contributed by atoms with Crippen molar-refractivity contribution < 1.29 is 14.3 Å². The van der Waals surface area contributed by atoms with Gasteiger partial charge in [0.1, 0.15) is 12.6 Å². The summed E-state index contributed by atoms with van der Waals surface area (Å²) in [4.78, 5) is 25.0. The number of ether oxygens (including phenoxy) is 1. The van der Waals surface area contributed by atoms with E-state index in [1.165, 1.54) is 0 Å². The standard InChI is InChI=1S/C11H18N4O3/c1-2-18-11(17)9-7-13-5-6-15(9)8-10(16)14-4-3-12/h9,13H,2,4-8H2,1H3,(H,14,16). The van der Waals surface area contributed by atoms with Gasteiger partial charge in [-0.1, -0.05) is 0 Å². The van der Waals surface area contributed by atoms with Gasteiger partial charge in [-0.15, -0.1) is 0 Å². The molecular formula is C11H18N4O3. The van der Waals surface area contributed by atoms with Crippen LogP contribution in [0, 0.1) is 11.3 Å². The lowest BCUT2D eigenvalue weighted by Gasteiger charge is -2.33. The van der Waals surface area contributed by atoms with E-state index in [2.05, 4.69) is 10.6 Å². The summed E-state index contributed by atoms with van der Waals surface area (Å²) in [5.41, 5.74) is 0. The molecule has 1 saturated heterocycles. The lowest BCUT2D eigenvalue weighted by molar-refractivity contribution is -0.150. The van der Waals surface area contributed by atoms with Crippen LogP contribution < -0.4 is 10.6 Å². The topological polar surface area (TPSA) is 94.5 Å². The van der Waals surface area contributed by atoms with Crippen molar-refractivity contribution in [2.24, 2.45) is 0 Å². The molecule has 2 N–H and O–H groups in total. The molecule has 7 heteroatoms. The molecule has 0 bridgehead atoms. The van der Waals surface area contributed by atoms with Crippen LogP contribution >= 0.6 is 0 Å². The Morgan fingerprint density at radius 3 is 3.06 bits per heavy atom. The summed E-state index contributed by atoms with van der Waals surface area (Å²) in [5.74, 6) is -0.578. The second kappa shape index (κ2) is 7.63. The molecule has 0 radical (unpaired) electrons. The van der Waals surface area contributed by atoms with Gasteiger partial charge in [-0.3, -0.25) is 14.5 Å². The van der Waals surface area contributed by atoms with Crippen LogP contribution in [0.5, 0.6) is 0 Å². The molecule has 1 fully saturated rings. The molecule has 1 aliphatic heterocycles. The number of hydrogen-bond donors (Lipinski definition) is 2. The summed E-state index contributed by atoms with van der Waals surface area (Å²) in [5, 5.41) is 13.9. The lowest BCUT2D eigenvalue weighted by atomic mass is 10.2. The van der Waals surface area contributed by atoms with Crippen molar-refractivity contribution in [1.82, 2.24) is 15.5 Å². The average molecular weight is 254 g/mol. The Labute approximate surface area is 106 Å². The van der Waals surface area contributed by atoms with Crippen LogP contribution in [0.3, 0.4) is 0 Å². The summed E-state index contributed by atoms with van der Waals surface area (Å²) < 4.78 is 4.97. The molecule has 1 heterocycles. The summed E-state index contributed by atoms with van der Waals surface area (Å²) in [6.07, 6.45) is 0. The molecular weight excluding hydrogens is 236 g/mol. The fourth-order valence-electron chi connectivity index (χ4n) is 1.78. The largest absolute Gasteiger partial charge is 0.465 e. The van der Waals surface area contributed by atoms with Crippen molar-refractivity contribution in [3.05, 3.63) is 0 Å². The molecule has 1 amide bonds. The Balaban J connectivity index is 2.51. The number of esters is 1. The molecule has 7 nitrogen and oxygen atoms in total. The van der Waals surface area contributed by atoms with Gasteiger partial charge in [-0.2, -0.15) is 5.26 Å². The molecule has 0 saturated carbocycles. The number of nitrogens with one attached hydrogen (secondary N) is 2. The van der Waals surface area contributed by atoms with Gasteiger partial charge >= 0.3 is 5.97 Å². The maximum Gasteiger partial charge on any atom is 0.324 e. The van der Waals surface area contributed by atoms with Crippen LogP contribution in [0.1, 0.15) is 6.92 Å². The number of nitrogens with zero attached hydrogens (tertiary/aromatic N) is 2. The molecule has 0 aromatic carbocycles. The van der Waals surface area contributed by atoms with Gasteiger partial charge in [0, 0.05) is 19.6 Å². The Hall–Kier alpha value is -1.65. The van der Waals surface area contributed by atoms with Crippen LogP contribution in [0.2, 0.25) is 0 Å². The summed E-state index contributed by atoms with van der Waals surface area (Å²) in [6, 6.07) is 1.40. The predicted octanol–water partition coefficient (Wildman–Crippen LogP) is -1.54. The zero-order valence-corrected chi connectivity index (χ0v) is 10.4. The molecule has 1 unspecified atom stereocenters. The van der Waals surface area contributed by atoms with E-state index in [-0.39, 0.29) is 25.0 Å². The predicted molar refractivity (Wildman–Crippen MR) is 63.5 cm³/mol. The van der Waals surface area contributed by atoms with Crippen LogP contribution in [-0.2, 0) is 14.3 Å². The number of carbonyl (C=O) groups is 2. The number of carbonyl (C=O) groups excluding carboxylic acids is 2. The number of piperazine rings is 1. The van der Waals surface area contributed by atoms with Gasteiger partial charge < -0.3 is 15.4 Å². The maximum atomic E-state index is 11.7. The third-order valence-electron chi connectivity index (χ3n) is 2.62. The van der Waals surface area contributed by atoms with Crippen molar-refractivity contribution >= 4 is 11.9 Å². The number of rotatable bonds is 5. The number of nitriles is 1. The highest BCUT2D eigenvalue weighted by atomic mass is 16.5. The van der Waals surface area contributed by atoms with E-state index in [4.69, 9.17) is 10.00 Å². The second-order valence-corrected chi connectivity index (χ2v) is 3.88. The molecule has 0 spiro atoms. The zero-order chi connectivity index (χ0) is 13.4. The Morgan fingerprint density at radius 2 is 2.39 bits per heavy atom. The van der Waals surface area contributed by atoms with Crippen LogP contribution in [0.4, 0.5) is 0 Å². The van der Waals surface area contributed by atoms with E-state index in [1.807, 2.05) is 6.07 Å². The molecule has 100 valence electrons. The summed E-state index contributed by atoms with van der Waals surface area (Å²) in [6.45, 7) is 3.96. The van der Waals surface area contributed by atoms with Gasteiger partial charge in [0.2, 0.25) is 5.91 Å². The Morgan fingerprint density at radius 1 is 1.61 bits per heavy atom. The molecule has 0 aromatic rings. The average Bonchev–Trinajstić information content (AvgIpc) is 2.37. The Kier molecular flexibility index (Phi) is 6.11. The van der Waals surface area contributed by atoms with Crippen molar-refractivity contribution in [1.29, 1.82) is 5.26 Å². The normalized spacial score (nSPS) is 19.9. The maximum absolute atomic E-state index is 11.7. The highest BCUT2D eigenvalue weighted by Gasteiger charge is 2.30. The van der Waals surface area contributed by atoms with Crippen molar-refractivity contribution in [2.45, 2.75) is 13.0 Å². The smallest absolute Gasteiger partial charge is 0.324 e. The minimum Gasteiger partial charge on any atom is -0.465 e. The van der Waals surface area contributed by atoms with E-state index in [1.54, 1.807) is 11.8 Å². The first kappa shape index (κ1) is 14.4. The highest BCUT2D eigenvalue weighted by molar-refractivity contribution is 5.81. The van der Waals surface area contributed by atoms with Crippen molar-refractivity contribution in [2.75, 3.05) is 39.3 Å². The highest BCUT2D eigenvalue weighted by Crippen LogP contribution is 2.05. The van der Waals surface area contributed by atoms with Gasteiger partial charge in [-0.05, 0) is 6.92 Å². The first-order valence-electron chi connectivity index (χ1n) is 5.94. The lowest BCUT2D eigenvalue weighted by Crippen LogP contribution is -2.57. The first-order valence-corrected chi connectivity index (χ1v) is 5.94. The zero-order valence-electron chi connectivity index (χ0n) is 10.4. The first-order chi connectivity index (χ1) is 8.69. The van der Waals surface area contributed by atoms with Crippen molar-refractivity contribution in [3.63, 3.8) is 0 Å². The third kappa shape index (κ3) is 4.31. The van der Waals surface area contributed by atoms with Gasteiger partial charge in [-0.25, -0.2) is 0 Å². The third-order valence-corrected chi connectivity index (χ3v) is 2.62. The van der Waals surface area contributed by atoms with Crippen LogP contribution in [-0.4, -0.2) is 62.1 Å². The van der Waals surface area contributed by atoms with Gasteiger partial charge in [0.15, 0.2) is 0 Å². The summed E-state index contributed by atoms with van der Waals surface area (Å²) in [7, 11) is 0. The van der Waals surface area contributed by atoms with Gasteiger partial charge in [0.05, 0.1) is 19.2 Å². The van der Waals surface area contributed by atoms with E-state index < -0.39 is 6.04 Å². The van der Waals surface area contributed by atoms with Crippen LogP contribution in [0.25, 0.3) is 0 Å². The quantitative estimate of drug-likeness (QED) is 0.456. The van der Waals surface area contributed by atoms with E-state index in [0.29, 0.717) is 19.7 Å². The monoisotopic (exact) mass is 254 g/mol. The Bertz CT molecular complexity index is 340.